The molecule has 0 saturated carbocycles. The summed E-state index contributed by atoms with van der Waals surface area (Å²) in [5, 5.41) is 3.02. The molecule has 2 N–H and O–H groups in total. The Morgan fingerprint density at radius 3 is 2.57 bits per heavy atom. The molecular weight excluding hydrogens is 286 g/mol. The Labute approximate surface area is 125 Å². The van der Waals surface area contributed by atoms with E-state index in [9.17, 15) is 8.42 Å². The molecule has 1 aromatic heterocycles. The first-order chi connectivity index (χ1) is 10.0. The van der Waals surface area contributed by atoms with Crippen molar-refractivity contribution in [3.63, 3.8) is 0 Å². The fraction of sp³-hybridized carbons (Fsp3) is 0.267. The first kappa shape index (κ1) is 15.3. The summed E-state index contributed by atoms with van der Waals surface area (Å²) in [6, 6.07) is 10.6. The molecule has 0 saturated heterocycles. The van der Waals surface area contributed by atoms with E-state index in [0.717, 1.165) is 18.5 Å². The number of hydrogen-bond acceptors (Lipinski definition) is 4. The van der Waals surface area contributed by atoms with Crippen LogP contribution in [0.1, 0.15) is 19.4 Å². The summed E-state index contributed by atoms with van der Waals surface area (Å²) in [4.78, 5) is 4.22. The number of anilines is 2. The van der Waals surface area contributed by atoms with Crippen molar-refractivity contribution in [2.75, 3.05) is 16.6 Å². The number of hydrogen-bond donors (Lipinski definition) is 2. The third-order valence-corrected chi connectivity index (χ3v) is 4.36. The number of nitrogens with zero attached hydrogens (tertiary/aromatic N) is 1. The van der Waals surface area contributed by atoms with Gasteiger partial charge in [-0.25, -0.2) is 13.4 Å². The zero-order chi connectivity index (χ0) is 15.3. The van der Waals surface area contributed by atoms with Gasteiger partial charge < -0.3 is 5.32 Å². The van der Waals surface area contributed by atoms with E-state index in [2.05, 4.69) is 15.0 Å². The van der Waals surface area contributed by atoms with Gasteiger partial charge in [-0.3, -0.25) is 4.72 Å². The molecule has 0 atom stereocenters. The van der Waals surface area contributed by atoms with Crippen molar-refractivity contribution in [2.45, 2.75) is 25.2 Å². The predicted octanol–water partition coefficient (Wildman–Crippen LogP) is 2.88. The quantitative estimate of drug-likeness (QED) is 0.861. The molecule has 0 spiro atoms. The topological polar surface area (TPSA) is 71.1 Å². The summed E-state index contributed by atoms with van der Waals surface area (Å²) >= 11 is 0. The van der Waals surface area contributed by atoms with E-state index >= 15 is 0 Å². The monoisotopic (exact) mass is 305 g/mol. The highest BCUT2D eigenvalue weighted by molar-refractivity contribution is 7.92. The highest BCUT2D eigenvalue weighted by atomic mass is 32.2. The van der Waals surface area contributed by atoms with Crippen LogP contribution in [0, 0.1) is 0 Å². The SMILES string of the molecule is CCNc1ccc(S(=O)(=O)Nc2cccc(CC)c2)cn1. The molecule has 0 amide bonds. The van der Waals surface area contributed by atoms with Crippen molar-refractivity contribution in [3.8, 4) is 0 Å². The average Bonchev–Trinajstić information content (AvgIpc) is 2.48. The lowest BCUT2D eigenvalue weighted by atomic mass is 10.1. The van der Waals surface area contributed by atoms with E-state index in [1.165, 1.54) is 12.3 Å². The van der Waals surface area contributed by atoms with Crippen LogP contribution in [0.15, 0.2) is 47.5 Å². The van der Waals surface area contributed by atoms with Crippen molar-refractivity contribution in [2.24, 2.45) is 0 Å². The Kier molecular flexibility index (Phi) is 4.80. The number of aryl methyl sites for hydroxylation is 1. The fourth-order valence-corrected chi connectivity index (χ4v) is 2.89. The molecular formula is C15H19N3O2S. The Morgan fingerprint density at radius 2 is 1.95 bits per heavy atom. The summed E-state index contributed by atoms with van der Waals surface area (Å²) in [6.45, 7) is 4.72. The molecule has 6 heteroatoms. The van der Waals surface area contributed by atoms with Crippen LogP contribution in [-0.4, -0.2) is 19.9 Å². The largest absolute Gasteiger partial charge is 0.370 e. The predicted molar refractivity (Wildman–Crippen MR) is 85.0 cm³/mol. The molecule has 1 aromatic carbocycles. The fourth-order valence-electron chi connectivity index (χ4n) is 1.89. The molecule has 112 valence electrons. The van der Waals surface area contributed by atoms with Crippen LogP contribution in [0.5, 0.6) is 0 Å². The standard InChI is InChI=1S/C15H19N3O2S/c1-3-12-6-5-7-13(10-12)18-21(19,20)14-8-9-15(16-4-2)17-11-14/h5-11,18H,3-4H2,1-2H3,(H,16,17). The molecule has 0 aliphatic rings. The van der Waals surface area contributed by atoms with E-state index in [-0.39, 0.29) is 4.90 Å². The van der Waals surface area contributed by atoms with Crippen LogP contribution in [-0.2, 0) is 16.4 Å². The average molecular weight is 305 g/mol. The zero-order valence-corrected chi connectivity index (χ0v) is 12.9. The van der Waals surface area contributed by atoms with Gasteiger partial charge in [-0.1, -0.05) is 19.1 Å². The minimum Gasteiger partial charge on any atom is -0.370 e. The summed E-state index contributed by atoms with van der Waals surface area (Å²) < 4.78 is 27.2. The molecule has 0 aliphatic carbocycles. The third kappa shape index (κ3) is 3.95. The van der Waals surface area contributed by atoms with Gasteiger partial charge in [0.2, 0.25) is 0 Å². The van der Waals surface area contributed by atoms with Crippen LogP contribution in [0.2, 0.25) is 0 Å². The van der Waals surface area contributed by atoms with Gasteiger partial charge in [0.1, 0.15) is 10.7 Å². The highest BCUT2D eigenvalue weighted by Crippen LogP contribution is 2.17. The van der Waals surface area contributed by atoms with Crippen LogP contribution in [0.25, 0.3) is 0 Å². The lowest BCUT2D eigenvalue weighted by Gasteiger charge is -2.09. The maximum atomic E-state index is 12.3. The second kappa shape index (κ2) is 6.58. The first-order valence-corrected chi connectivity index (χ1v) is 8.35. The van der Waals surface area contributed by atoms with Gasteiger partial charge >= 0.3 is 0 Å². The number of aromatic nitrogens is 1. The van der Waals surface area contributed by atoms with Gasteiger partial charge in [0, 0.05) is 18.4 Å². The molecule has 2 aromatic rings. The lowest BCUT2D eigenvalue weighted by Crippen LogP contribution is -2.13. The summed E-state index contributed by atoms with van der Waals surface area (Å²) in [7, 11) is -3.61. The Morgan fingerprint density at radius 1 is 1.14 bits per heavy atom. The van der Waals surface area contributed by atoms with Crippen LogP contribution in [0.3, 0.4) is 0 Å². The number of pyridine rings is 1. The number of rotatable bonds is 6. The summed E-state index contributed by atoms with van der Waals surface area (Å²) in [5.41, 5.74) is 1.64. The second-order valence-electron chi connectivity index (χ2n) is 4.57. The van der Waals surface area contributed by atoms with Crippen LogP contribution < -0.4 is 10.0 Å². The van der Waals surface area contributed by atoms with Crippen molar-refractivity contribution in [1.82, 2.24) is 4.98 Å². The lowest BCUT2D eigenvalue weighted by molar-refractivity contribution is 0.601. The number of sulfonamides is 1. The Bertz CT molecular complexity index is 697. The van der Waals surface area contributed by atoms with Gasteiger partial charge in [0.15, 0.2) is 0 Å². The minimum atomic E-state index is -3.61. The zero-order valence-electron chi connectivity index (χ0n) is 12.1. The third-order valence-electron chi connectivity index (χ3n) is 2.99. The van der Waals surface area contributed by atoms with Gasteiger partial charge in [-0.2, -0.15) is 0 Å². The van der Waals surface area contributed by atoms with Crippen LogP contribution in [0.4, 0.5) is 11.5 Å². The van der Waals surface area contributed by atoms with Gasteiger partial charge in [0.05, 0.1) is 0 Å². The minimum absolute atomic E-state index is 0.144. The van der Waals surface area contributed by atoms with Gasteiger partial charge in [0.25, 0.3) is 10.0 Å². The molecule has 1 heterocycles. The van der Waals surface area contributed by atoms with Gasteiger partial charge in [-0.05, 0) is 43.2 Å². The van der Waals surface area contributed by atoms with Crippen molar-refractivity contribution in [1.29, 1.82) is 0 Å². The Hall–Kier alpha value is -2.08. The first-order valence-electron chi connectivity index (χ1n) is 6.87. The molecule has 0 radical (unpaired) electrons. The normalized spacial score (nSPS) is 11.1. The van der Waals surface area contributed by atoms with E-state index in [1.54, 1.807) is 12.1 Å². The smallest absolute Gasteiger partial charge is 0.263 e. The highest BCUT2D eigenvalue weighted by Gasteiger charge is 2.14. The Balaban J connectivity index is 2.21. The molecule has 5 nitrogen and oxygen atoms in total. The van der Waals surface area contributed by atoms with Gasteiger partial charge in [-0.15, -0.1) is 0 Å². The van der Waals surface area contributed by atoms with E-state index in [0.29, 0.717) is 11.5 Å². The van der Waals surface area contributed by atoms with Crippen molar-refractivity contribution >= 4 is 21.5 Å². The molecule has 0 bridgehead atoms. The summed E-state index contributed by atoms with van der Waals surface area (Å²) in [5.74, 6) is 0.657. The molecule has 0 aliphatic heterocycles. The van der Waals surface area contributed by atoms with E-state index < -0.39 is 10.0 Å². The molecule has 0 fully saturated rings. The maximum Gasteiger partial charge on any atom is 0.263 e. The molecule has 0 unspecified atom stereocenters. The summed E-state index contributed by atoms with van der Waals surface area (Å²) in [6.07, 6.45) is 2.21. The molecule has 21 heavy (non-hydrogen) atoms. The van der Waals surface area contributed by atoms with Crippen LogP contribution >= 0.6 is 0 Å². The van der Waals surface area contributed by atoms with Crippen molar-refractivity contribution in [3.05, 3.63) is 48.2 Å². The number of nitrogens with one attached hydrogen (secondary N) is 2. The number of benzene rings is 1. The van der Waals surface area contributed by atoms with Crippen molar-refractivity contribution < 1.29 is 8.42 Å². The maximum absolute atomic E-state index is 12.3. The molecule has 2 rings (SSSR count). The van der Waals surface area contributed by atoms with E-state index in [4.69, 9.17) is 0 Å². The second-order valence-corrected chi connectivity index (χ2v) is 6.25. The van der Waals surface area contributed by atoms with E-state index in [1.807, 2.05) is 32.0 Å².